The van der Waals surface area contributed by atoms with E-state index >= 15 is 0 Å². The predicted octanol–water partition coefficient (Wildman–Crippen LogP) is 3.93. The number of benzene rings is 2. The average Bonchev–Trinajstić information content (AvgIpc) is 2.47. The minimum Gasteiger partial charge on any atom is -0.316 e. The van der Waals surface area contributed by atoms with Crippen molar-refractivity contribution < 1.29 is 0 Å². The van der Waals surface area contributed by atoms with Gasteiger partial charge >= 0.3 is 0 Å². The molecule has 0 fully saturated rings. The second-order valence-corrected chi connectivity index (χ2v) is 5.28. The van der Waals surface area contributed by atoms with Crippen molar-refractivity contribution in [3.63, 3.8) is 0 Å². The van der Waals surface area contributed by atoms with Crippen molar-refractivity contribution in [2.75, 3.05) is 7.05 Å². The van der Waals surface area contributed by atoms with Crippen LogP contribution in [0.25, 0.3) is 0 Å². The van der Waals surface area contributed by atoms with Crippen molar-refractivity contribution in [1.29, 1.82) is 0 Å². The Morgan fingerprint density at radius 3 is 2.16 bits per heavy atom. The molecule has 0 spiro atoms. The highest BCUT2D eigenvalue weighted by Crippen LogP contribution is 2.21. The molecule has 0 bridgehead atoms. The van der Waals surface area contributed by atoms with Crippen LogP contribution < -0.4 is 5.32 Å². The Morgan fingerprint density at radius 2 is 1.58 bits per heavy atom. The van der Waals surface area contributed by atoms with Crippen molar-refractivity contribution in [1.82, 2.24) is 5.32 Å². The van der Waals surface area contributed by atoms with E-state index in [4.69, 9.17) is 0 Å². The van der Waals surface area contributed by atoms with Gasteiger partial charge in [-0.25, -0.2) is 0 Å². The monoisotopic (exact) mass is 253 g/mol. The molecule has 0 amide bonds. The number of aryl methyl sites for hydroxylation is 1. The van der Waals surface area contributed by atoms with Gasteiger partial charge in [-0.3, -0.25) is 0 Å². The van der Waals surface area contributed by atoms with Crippen LogP contribution >= 0.6 is 0 Å². The van der Waals surface area contributed by atoms with Gasteiger partial charge in [0.05, 0.1) is 0 Å². The van der Waals surface area contributed by atoms with Crippen LogP contribution in [-0.4, -0.2) is 13.1 Å². The SMILES string of the molecule is CNC(Cc1ccc(C)cc1)C(C)c1ccccc1. The van der Waals surface area contributed by atoms with Crippen LogP contribution in [0.4, 0.5) is 0 Å². The van der Waals surface area contributed by atoms with E-state index in [2.05, 4.69) is 80.8 Å². The predicted molar refractivity (Wildman–Crippen MR) is 82.6 cm³/mol. The molecule has 2 aromatic rings. The van der Waals surface area contributed by atoms with E-state index < -0.39 is 0 Å². The number of rotatable bonds is 5. The zero-order valence-corrected chi connectivity index (χ0v) is 12.1. The van der Waals surface area contributed by atoms with Crippen molar-refractivity contribution in [3.8, 4) is 0 Å². The molecule has 0 aliphatic carbocycles. The standard InChI is InChI=1S/C18H23N/c1-14-9-11-16(12-10-14)13-18(19-3)15(2)17-7-5-4-6-8-17/h4-12,15,18-19H,13H2,1-3H3. The summed E-state index contributed by atoms with van der Waals surface area (Å²) in [6.45, 7) is 4.43. The van der Waals surface area contributed by atoms with Crippen LogP contribution in [-0.2, 0) is 6.42 Å². The van der Waals surface area contributed by atoms with Crippen LogP contribution in [0.1, 0.15) is 29.5 Å². The molecular formula is C18H23N. The first-order chi connectivity index (χ1) is 9.20. The summed E-state index contributed by atoms with van der Waals surface area (Å²) in [5.41, 5.74) is 4.11. The maximum absolute atomic E-state index is 3.46. The summed E-state index contributed by atoms with van der Waals surface area (Å²) in [5.74, 6) is 0.507. The van der Waals surface area contributed by atoms with E-state index in [1.807, 2.05) is 0 Å². The molecule has 2 atom stereocenters. The zero-order chi connectivity index (χ0) is 13.7. The van der Waals surface area contributed by atoms with E-state index in [1.54, 1.807) is 0 Å². The highest BCUT2D eigenvalue weighted by atomic mass is 14.9. The van der Waals surface area contributed by atoms with Crippen LogP contribution in [0.2, 0.25) is 0 Å². The molecule has 0 radical (unpaired) electrons. The molecule has 2 rings (SSSR count). The minimum atomic E-state index is 0.463. The molecule has 100 valence electrons. The van der Waals surface area contributed by atoms with Gasteiger partial charge in [0, 0.05) is 6.04 Å². The van der Waals surface area contributed by atoms with Gasteiger partial charge in [-0.15, -0.1) is 0 Å². The number of likely N-dealkylation sites (N-methyl/N-ethyl adjacent to an activating group) is 1. The Bertz CT molecular complexity index is 487. The first-order valence-corrected chi connectivity index (χ1v) is 6.98. The van der Waals surface area contributed by atoms with E-state index in [-0.39, 0.29) is 0 Å². The Hall–Kier alpha value is -1.60. The van der Waals surface area contributed by atoms with Crippen LogP contribution in [0.5, 0.6) is 0 Å². The van der Waals surface area contributed by atoms with Gasteiger partial charge in [-0.2, -0.15) is 0 Å². The molecule has 1 N–H and O–H groups in total. The summed E-state index contributed by atoms with van der Waals surface area (Å²) >= 11 is 0. The van der Waals surface area contributed by atoms with Crippen LogP contribution in [0, 0.1) is 6.92 Å². The molecule has 0 aliphatic rings. The maximum Gasteiger partial charge on any atom is 0.0170 e. The largest absolute Gasteiger partial charge is 0.316 e. The Morgan fingerprint density at radius 1 is 0.947 bits per heavy atom. The van der Waals surface area contributed by atoms with E-state index in [9.17, 15) is 0 Å². The molecule has 0 aromatic heterocycles. The fourth-order valence-electron chi connectivity index (χ4n) is 2.50. The molecule has 0 saturated carbocycles. The average molecular weight is 253 g/mol. The fourth-order valence-corrected chi connectivity index (χ4v) is 2.50. The van der Waals surface area contributed by atoms with Crippen molar-refractivity contribution in [3.05, 3.63) is 71.3 Å². The van der Waals surface area contributed by atoms with E-state index in [0.29, 0.717) is 12.0 Å². The molecule has 19 heavy (non-hydrogen) atoms. The highest BCUT2D eigenvalue weighted by molar-refractivity contribution is 5.25. The lowest BCUT2D eigenvalue weighted by Crippen LogP contribution is -2.32. The molecule has 0 aliphatic heterocycles. The molecule has 0 heterocycles. The first kappa shape index (κ1) is 13.8. The topological polar surface area (TPSA) is 12.0 Å². The van der Waals surface area contributed by atoms with Gasteiger partial charge in [-0.1, -0.05) is 67.1 Å². The molecular weight excluding hydrogens is 230 g/mol. The summed E-state index contributed by atoms with van der Waals surface area (Å²) in [5, 5.41) is 3.46. The molecule has 2 aromatic carbocycles. The Kier molecular flexibility index (Phi) is 4.75. The summed E-state index contributed by atoms with van der Waals surface area (Å²) in [6.07, 6.45) is 1.06. The maximum atomic E-state index is 3.46. The van der Waals surface area contributed by atoms with Gasteiger partial charge in [-0.05, 0) is 37.4 Å². The minimum absolute atomic E-state index is 0.463. The van der Waals surface area contributed by atoms with E-state index in [0.717, 1.165) is 6.42 Å². The molecule has 0 saturated heterocycles. The Labute approximate surface area is 116 Å². The summed E-state index contributed by atoms with van der Waals surface area (Å²) < 4.78 is 0. The van der Waals surface area contributed by atoms with Crippen molar-refractivity contribution in [2.45, 2.75) is 32.2 Å². The number of nitrogens with one attached hydrogen (secondary N) is 1. The molecule has 2 unspecified atom stereocenters. The summed E-state index contributed by atoms with van der Waals surface area (Å²) in [7, 11) is 2.05. The summed E-state index contributed by atoms with van der Waals surface area (Å²) in [6, 6.07) is 20.0. The van der Waals surface area contributed by atoms with Gasteiger partial charge in [0.25, 0.3) is 0 Å². The van der Waals surface area contributed by atoms with Gasteiger partial charge in [0.1, 0.15) is 0 Å². The van der Waals surface area contributed by atoms with Crippen molar-refractivity contribution in [2.24, 2.45) is 0 Å². The summed E-state index contributed by atoms with van der Waals surface area (Å²) in [4.78, 5) is 0. The number of hydrogen-bond acceptors (Lipinski definition) is 1. The van der Waals surface area contributed by atoms with Gasteiger partial charge < -0.3 is 5.32 Å². The van der Waals surface area contributed by atoms with Crippen LogP contribution in [0.3, 0.4) is 0 Å². The third kappa shape index (κ3) is 3.68. The van der Waals surface area contributed by atoms with E-state index in [1.165, 1.54) is 16.7 Å². The fraction of sp³-hybridized carbons (Fsp3) is 0.333. The Balaban J connectivity index is 2.10. The third-order valence-corrected chi connectivity index (χ3v) is 3.88. The second kappa shape index (κ2) is 6.53. The molecule has 1 nitrogen and oxygen atoms in total. The number of hydrogen-bond donors (Lipinski definition) is 1. The van der Waals surface area contributed by atoms with Crippen LogP contribution in [0.15, 0.2) is 54.6 Å². The van der Waals surface area contributed by atoms with Crippen molar-refractivity contribution >= 4 is 0 Å². The second-order valence-electron chi connectivity index (χ2n) is 5.28. The first-order valence-electron chi connectivity index (χ1n) is 6.98. The zero-order valence-electron chi connectivity index (χ0n) is 12.1. The lowest BCUT2D eigenvalue weighted by molar-refractivity contribution is 0.483. The quantitative estimate of drug-likeness (QED) is 0.851. The van der Waals surface area contributed by atoms with Gasteiger partial charge in [0.15, 0.2) is 0 Å². The normalized spacial score (nSPS) is 14.1. The lowest BCUT2D eigenvalue weighted by Gasteiger charge is -2.24. The lowest BCUT2D eigenvalue weighted by atomic mass is 9.89. The van der Waals surface area contributed by atoms with Gasteiger partial charge in [0.2, 0.25) is 0 Å². The highest BCUT2D eigenvalue weighted by Gasteiger charge is 2.17. The smallest absolute Gasteiger partial charge is 0.0170 e. The third-order valence-electron chi connectivity index (χ3n) is 3.88. The molecule has 1 heteroatoms.